The lowest BCUT2D eigenvalue weighted by Crippen LogP contribution is -2.25. The van der Waals surface area contributed by atoms with Gasteiger partial charge >= 0.3 is 0 Å². The number of hydrogen-bond donors (Lipinski definition) is 0. The Labute approximate surface area is 316 Å². The molecule has 0 saturated heterocycles. The van der Waals surface area contributed by atoms with Crippen molar-refractivity contribution in [3.8, 4) is 0 Å². The molecule has 0 bridgehead atoms. The second-order valence-corrected chi connectivity index (χ2v) is 20.0. The molecular weight excluding hydrogens is 720 g/mol. The number of rotatable bonds is 3. The zero-order chi connectivity index (χ0) is 34.8. The Balaban J connectivity index is 1.17. The highest BCUT2D eigenvalue weighted by molar-refractivity contribution is 7.85. The van der Waals surface area contributed by atoms with Crippen molar-refractivity contribution < 1.29 is 4.57 Å². The van der Waals surface area contributed by atoms with Gasteiger partial charge in [0.25, 0.3) is 0 Å². The highest BCUT2D eigenvalue weighted by Gasteiger charge is 2.32. The Morgan fingerprint density at radius 3 is 1.13 bits per heavy atom. The van der Waals surface area contributed by atoms with Gasteiger partial charge in [-0.15, -0.1) is 34.0 Å². The summed E-state index contributed by atoms with van der Waals surface area (Å²) in [5, 5.41) is 17.2. The van der Waals surface area contributed by atoms with Crippen molar-refractivity contribution >= 4 is 150 Å². The lowest BCUT2D eigenvalue weighted by molar-refractivity contribution is 0.592. The predicted molar refractivity (Wildman–Crippen MR) is 237 cm³/mol. The van der Waals surface area contributed by atoms with Crippen molar-refractivity contribution in [2.24, 2.45) is 0 Å². The van der Waals surface area contributed by atoms with E-state index in [1.54, 1.807) is 22.7 Å². The highest BCUT2D eigenvalue weighted by atomic mass is 32.1. The van der Waals surface area contributed by atoms with Gasteiger partial charge in [-0.05, 0) is 105 Å². The molecule has 0 atom stereocenters. The number of hydrogen-bond acceptors (Lipinski definition) is 4. The van der Waals surface area contributed by atoms with Gasteiger partial charge in [-0.2, -0.15) is 0 Å². The topological polar surface area (TPSA) is 17.1 Å². The second kappa shape index (κ2) is 11.1. The Bertz CT molecular complexity index is 3450. The summed E-state index contributed by atoms with van der Waals surface area (Å²) in [6, 6.07) is 59.0. The average Bonchev–Trinajstić information content (AvgIpc) is 3.90. The van der Waals surface area contributed by atoms with E-state index in [4.69, 9.17) is 0 Å². The van der Waals surface area contributed by atoms with Gasteiger partial charge in [-0.1, -0.05) is 91.0 Å². The molecule has 3 aromatic heterocycles. The van der Waals surface area contributed by atoms with E-state index < -0.39 is 7.14 Å². The van der Waals surface area contributed by atoms with Crippen LogP contribution in [0.1, 0.15) is 0 Å². The smallest absolute Gasteiger partial charge is 0.171 e. The molecule has 5 heteroatoms. The molecule has 12 rings (SSSR count). The fraction of sp³-hybridized carbons (Fsp3) is 0. The molecule has 53 heavy (non-hydrogen) atoms. The SMILES string of the molecule is O=P(c1ccc2sc3ccccc3c2c1)(c1ccc2sc3ccccc3c2c1)c1ccc2c(c1)c1ccccc1c1cc3c(cc21)sc1ccccc13. The molecule has 12 aromatic rings. The van der Waals surface area contributed by atoms with Crippen LogP contribution in [0.4, 0.5) is 0 Å². The van der Waals surface area contributed by atoms with E-state index in [1.165, 1.54) is 76.7 Å². The van der Waals surface area contributed by atoms with Gasteiger partial charge in [-0.25, -0.2) is 0 Å². The van der Waals surface area contributed by atoms with Crippen LogP contribution in [-0.2, 0) is 4.57 Å². The Morgan fingerprint density at radius 1 is 0.264 bits per heavy atom. The summed E-state index contributed by atoms with van der Waals surface area (Å²) in [6.45, 7) is 0. The lowest BCUT2D eigenvalue weighted by Gasteiger charge is -2.22. The summed E-state index contributed by atoms with van der Waals surface area (Å²) in [6.07, 6.45) is 0. The van der Waals surface area contributed by atoms with Crippen LogP contribution in [0, 0.1) is 0 Å². The van der Waals surface area contributed by atoms with Gasteiger partial charge in [0.1, 0.15) is 0 Å². The number of benzene rings is 9. The minimum Gasteiger partial charge on any atom is -0.309 e. The van der Waals surface area contributed by atoms with Crippen LogP contribution >= 0.6 is 41.2 Å². The van der Waals surface area contributed by atoms with Crippen LogP contribution in [0.3, 0.4) is 0 Å². The number of fused-ring (bicyclic) bond motifs is 15. The summed E-state index contributed by atoms with van der Waals surface area (Å²) in [5.41, 5.74) is 0. The van der Waals surface area contributed by atoms with Crippen molar-refractivity contribution in [1.82, 2.24) is 0 Å². The largest absolute Gasteiger partial charge is 0.309 e. The van der Waals surface area contributed by atoms with E-state index in [-0.39, 0.29) is 0 Å². The first-order chi connectivity index (χ1) is 26.1. The van der Waals surface area contributed by atoms with Gasteiger partial charge in [-0.3, -0.25) is 0 Å². The zero-order valence-electron chi connectivity index (χ0n) is 28.2. The normalized spacial score (nSPS) is 12.6. The van der Waals surface area contributed by atoms with Crippen LogP contribution in [-0.4, -0.2) is 0 Å². The molecule has 0 aliphatic carbocycles. The van der Waals surface area contributed by atoms with E-state index in [2.05, 4.69) is 164 Å². The molecule has 0 fully saturated rings. The minimum absolute atomic E-state index is 0.857. The monoisotopic (exact) mass is 746 g/mol. The first-order valence-electron chi connectivity index (χ1n) is 17.8. The highest BCUT2D eigenvalue weighted by Crippen LogP contribution is 2.48. The fourth-order valence-electron chi connectivity index (χ4n) is 8.62. The Kier molecular flexibility index (Phi) is 6.30. The van der Waals surface area contributed by atoms with Crippen molar-refractivity contribution in [1.29, 1.82) is 0 Å². The van der Waals surface area contributed by atoms with Crippen molar-refractivity contribution in [3.63, 3.8) is 0 Å². The van der Waals surface area contributed by atoms with Crippen LogP contribution in [0.15, 0.2) is 164 Å². The molecule has 0 N–H and O–H groups in total. The quantitative estimate of drug-likeness (QED) is 0.130. The maximum absolute atomic E-state index is 16.5. The van der Waals surface area contributed by atoms with Gasteiger partial charge in [0.15, 0.2) is 7.14 Å². The van der Waals surface area contributed by atoms with Crippen LogP contribution in [0.25, 0.3) is 92.8 Å². The van der Waals surface area contributed by atoms with E-state index in [0.717, 1.165) is 32.1 Å². The first-order valence-corrected chi connectivity index (χ1v) is 21.9. The summed E-state index contributed by atoms with van der Waals surface area (Å²) in [5.74, 6) is 0. The molecule has 0 amide bonds. The van der Waals surface area contributed by atoms with E-state index in [1.807, 2.05) is 11.3 Å². The first kappa shape index (κ1) is 30.1. The molecule has 0 aliphatic heterocycles. The Hall–Kier alpha value is -5.35. The minimum atomic E-state index is -3.38. The summed E-state index contributed by atoms with van der Waals surface area (Å²) < 4.78 is 24.1. The maximum atomic E-state index is 16.5. The fourth-order valence-corrected chi connectivity index (χ4v) is 14.6. The zero-order valence-corrected chi connectivity index (χ0v) is 31.5. The van der Waals surface area contributed by atoms with Crippen molar-refractivity contribution in [2.75, 3.05) is 0 Å². The average molecular weight is 747 g/mol. The molecule has 9 aromatic carbocycles. The Morgan fingerprint density at radius 2 is 0.604 bits per heavy atom. The molecular formula is C48H27OPS3. The lowest BCUT2D eigenvalue weighted by atomic mass is 9.93. The van der Waals surface area contributed by atoms with Crippen molar-refractivity contribution in [3.05, 3.63) is 164 Å². The van der Waals surface area contributed by atoms with Crippen molar-refractivity contribution in [2.45, 2.75) is 0 Å². The van der Waals surface area contributed by atoms with Gasteiger partial charge < -0.3 is 4.57 Å². The number of thiophene rings is 3. The molecule has 0 aliphatic rings. The molecule has 0 radical (unpaired) electrons. The van der Waals surface area contributed by atoms with Gasteiger partial charge in [0.05, 0.1) is 0 Å². The summed E-state index contributed by atoms with van der Waals surface area (Å²) in [4.78, 5) is 0. The van der Waals surface area contributed by atoms with E-state index in [9.17, 15) is 0 Å². The third-order valence-corrected chi connectivity index (χ3v) is 17.6. The molecule has 248 valence electrons. The maximum Gasteiger partial charge on any atom is 0.171 e. The standard InChI is InChI=1S/C48H27OPS3/c49-50(29-18-21-46-40(24-29)34-11-3-6-14-43(34)51-46,30-19-22-47-41(25-30)35-12-4-7-15-44(35)52-47)28-17-20-33-37(23-28)31-9-1-2-10-32(31)38-26-42-36-13-5-8-16-45(36)53-48(42)27-39(33)38/h1-27H. The third kappa shape index (κ3) is 4.27. The summed E-state index contributed by atoms with van der Waals surface area (Å²) in [7, 11) is -3.38. The van der Waals surface area contributed by atoms with E-state index in [0.29, 0.717) is 0 Å². The third-order valence-electron chi connectivity index (χ3n) is 11.1. The van der Waals surface area contributed by atoms with Gasteiger partial charge in [0.2, 0.25) is 0 Å². The predicted octanol–water partition coefficient (Wildman–Crippen LogP) is 13.9. The molecule has 0 unspecified atom stereocenters. The molecule has 0 spiro atoms. The molecule has 0 saturated carbocycles. The van der Waals surface area contributed by atoms with E-state index >= 15 is 4.57 Å². The summed E-state index contributed by atoms with van der Waals surface area (Å²) >= 11 is 5.45. The van der Waals surface area contributed by atoms with Crippen LogP contribution in [0.5, 0.6) is 0 Å². The molecule has 1 nitrogen and oxygen atoms in total. The second-order valence-electron chi connectivity index (χ2n) is 13.9. The van der Waals surface area contributed by atoms with Crippen LogP contribution < -0.4 is 15.9 Å². The molecule has 3 heterocycles. The van der Waals surface area contributed by atoms with Gasteiger partial charge in [0, 0.05) is 76.4 Å². The van der Waals surface area contributed by atoms with Crippen LogP contribution in [0.2, 0.25) is 0 Å².